The van der Waals surface area contributed by atoms with Crippen molar-refractivity contribution in [2.45, 2.75) is 25.8 Å². The van der Waals surface area contributed by atoms with Gasteiger partial charge in [-0.3, -0.25) is 19.7 Å². The smallest absolute Gasteiger partial charge is 0.273 e. The molecule has 1 atom stereocenters. The van der Waals surface area contributed by atoms with E-state index in [1.807, 2.05) is 0 Å². The number of nitro benzene ring substituents is 1. The van der Waals surface area contributed by atoms with Gasteiger partial charge in [0, 0.05) is 36.2 Å². The predicted octanol–water partition coefficient (Wildman–Crippen LogP) is 0.912. The van der Waals surface area contributed by atoms with E-state index in [4.69, 9.17) is 0 Å². The topological polar surface area (TPSA) is 101 Å². The van der Waals surface area contributed by atoms with E-state index >= 15 is 0 Å². The van der Waals surface area contributed by atoms with Gasteiger partial charge in [-0.1, -0.05) is 6.07 Å². The third kappa shape index (κ3) is 3.11. The third-order valence-electron chi connectivity index (χ3n) is 3.27. The molecule has 2 amide bonds. The Hall–Kier alpha value is -2.44. The molecule has 106 valence electrons. The van der Waals surface area contributed by atoms with Crippen molar-refractivity contribution < 1.29 is 14.5 Å². The summed E-state index contributed by atoms with van der Waals surface area (Å²) in [5.74, 6) is -0.393. The van der Waals surface area contributed by atoms with Gasteiger partial charge in [-0.15, -0.1) is 0 Å². The van der Waals surface area contributed by atoms with Crippen LogP contribution in [0, 0.1) is 17.0 Å². The average molecular weight is 277 g/mol. The van der Waals surface area contributed by atoms with Crippen molar-refractivity contribution in [3.05, 3.63) is 39.4 Å². The van der Waals surface area contributed by atoms with Crippen LogP contribution in [0.25, 0.3) is 0 Å². The van der Waals surface area contributed by atoms with Crippen LogP contribution in [0.3, 0.4) is 0 Å². The summed E-state index contributed by atoms with van der Waals surface area (Å²) in [6.45, 7) is 2.01. The Morgan fingerprint density at radius 2 is 2.25 bits per heavy atom. The average Bonchev–Trinajstić information content (AvgIpc) is 2.41. The molecule has 2 rings (SSSR count). The monoisotopic (exact) mass is 277 g/mol. The van der Waals surface area contributed by atoms with Crippen molar-refractivity contribution in [3.8, 4) is 0 Å². The third-order valence-corrected chi connectivity index (χ3v) is 3.27. The van der Waals surface area contributed by atoms with E-state index in [1.165, 1.54) is 6.07 Å². The molecule has 1 aliphatic heterocycles. The van der Waals surface area contributed by atoms with Crippen molar-refractivity contribution in [2.24, 2.45) is 0 Å². The molecule has 0 spiro atoms. The number of hydrogen-bond donors (Lipinski definition) is 2. The molecule has 1 unspecified atom stereocenters. The summed E-state index contributed by atoms with van der Waals surface area (Å²) < 4.78 is 0. The van der Waals surface area contributed by atoms with Crippen LogP contribution in [0.2, 0.25) is 0 Å². The SMILES string of the molecule is Cc1ccc(C(=O)NC2CCC(=O)NC2)cc1[N+](=O)[O-]. The summed E-state index contributed by atoms with van der Waals surface area (Å²) in [5, 5.41) is 16.3. The molecule has 1 aliphatic rings. The van der Waals surface area contributed by atoms with Gasteiger partial charge in [0.05, 0.1) is 4.92 Å². The summed E-state index contributed by atoms with van der Waals surface area (Å²) in [6.07, 6.45) is 0.949. The molecule has 2 N–H and O–H groups in total. The number of rotatable bonds is 3. The van der Waals surface area contributed by atoms with Crippen molar-refractivity contribution in [3.63, 3.8) is 0 Å². The number of benzene rings is 1. The standard InChI is InChI=1S/C13H15N3O4/c1-8-2-3-9(6-11(8)16(19)20)13(18)15-10-4-5-12(17)14-7-10/h2-3,6,10H,4-5,7H2,1H3,(H,14,17)(H,15,18). The number of hydrogen-bond acceptors (Lipinski definition) is 4. The van der Waals surface area contributed by atoms with Crippen LogP contribution >= 0.6 is 0 Å². The van der Waals surface area contributed by atoms with Gasteiger partial charge in [0.25, 0.3) is 11.6 Å². The minimum Gasteiger partial charge on any atom is -0.354 e. The molecule has 0 aliphatic carbocycles. The van der Waals surface area contributed by atoms with Crippen LogP contribution in [-0.4, -0.2) is 29.3 Å². The Morgan fingerprint density at radius 3 is 2.85 bits per heavy atom. The highest BCUT2D eigenvalue weighted by molar-refractivity contribution is 5.95. The Labute approximate surface area is 115 Å². The Balaban J connectivity index is 2.07. The molecule has 7 heteroatoms. The molecule has 20 heavy (non-hydrogen) atoms. The number of nitrogens with one attached hydrogen (secondary N) is 2. The molecule has 1 fully saturated rings. The van der Waals surface area contributed by atoms with E-state index in [0.29, 0.717) is 24.9 Å². The fraction of sp³-hybridized carbons (Fsp3) is 0.385. The number of piperidine rings is 1. The molecule has 0 aromatic heterocycles. The number of carbonyl (C=O) groups is 2. The molecule has 1 heterocycles. The van der Waals surface area contributed by atoms with Gasteiger partial charge in [-0.05, 0) is 19.4 Å². The molecule has 0 saturated carbocycles. The molecule has 1 saturated heterocycles. The van der Waals surface area contributed by atoms with E-state index in [-0.39, 0.29) is 29.1 Å². The van der Waals surface area contributed by atoms with Gasteiger partial charge in [0.1, 0.15) is 0 Å². The van der Waals surface area contributed by atoms with E-state index in [0.717, 1.165) is 0 Å². The second-order valence-electron chi connectivity index (χ2n) is 4.77. The molecular formula is C13H15N3O4. The van der Waals surface area contributed by atoms with Gasteiger partial charge in [-0.25, -0.2) is 0 Å². The summed E-state index contributed by atoms with van der Waals surface area (Å²) >= 11 is 0. The van der Waals surface area contributed by atoms with Crippen LogP contribution < -0.4 is 10.6 Å². The highest BCUT2D eigenvalue weighted by Crippen LogP contribution is 2.19. The predicted molar refractivity (Wildman–Crippen MR) is 71.3 cm³/mol. The molecule has 1 aromatic carbocycles. The van der Waals surface area contributed by atoms with Crippen LogP contribution in [0.1, 0.15) is 28.8 Å². The lowest BCUT2D eigenvalue weighted by Gasteiger charge is -2.23. The fourth-order valence-electron chi connectivity index (χ4n) is 2.07. The summed E-state index contributed by atoms with van der Waals surface area (Å²) in [7, 11) is 0. The second kappa shape index (κ2) is 5.68. The number of carbonyl (C=O) groups excluding carboxylic acids is 2. The molecule has 7 nitrogen and oxygen atoms in total. The first-order chi connectivity index (χ1) is 9.47. The highest BCUT2D eigenvalue weighted by Gasteiger charge is 2.21. The van der Waals surface area contributed by atoms with E-state index in [9.17, 15) is 19.7 Å². The van der Waals surface area contributed by atoms with Gasteiger partial charge in [-0.2, -0.15) is 0 Å². The lowest BCUT2D eigenvalue weighted by Crippen LogP contribution is -2.47. The van der Waals surface area contributed by atoms with Crippen molar-refractivity contribution in [1.29, 1.82) is 0 Å². The lowest BCUT2D eigenvalue weighted by molar-refractivity contribution is -0.385. The normalized spacial score (nSPS) is 18.2. The molecule has 0 radical (unpaired) electrons. The Bertz CT molecular complexity index is 561. The maximum atomic E-state index is 12.0. The number of amides is 2. The largest absolute Gasteiger partial charge is 0.354 e. The maximum absolute atomic E-state index is 12.0. The zero-order chi connectivity index (χ0) is 14.7. The first kappa shape index (κ1) is 14.0. The lowest BCUT2D eigenvalue weighted by atomic mass is 10.1. The highest BCUT2D eigenvalue weighted by atomic mass is 16.6. The van der Waals surface area contributed by atoms with Gasteiger partial charge in [0.2, 0.25) is 5.91 Å². The quantitative estimate of drug-likeness (QED) is 0.633. The van der Waals surface area contributed by atoms with E-state index in [1.54, 1.807) is 19.1 Å². The summed E-state index contributed by atoms with van der Waals surface area (Å²) in [5.41, 5.74) is 0.685. The minimum absolute atomic E-state index is 0.0264. The van der Waals surface area contributed by atoms with Crippen molar-refractivity contribution >= 4 is 17.5 Å². The maximum Gasteiger partial charge on any atom is 0.273 e. The Morgan fingerprint density at radius 1 is 1.50 bits per heavy atom. The van der Waals surface area contributed by atoms with Crippen LogP contribution in [0.4, 0.5) is 5.69 Å². The zero-order valence-corrected chi connectivity index (χ0v) is 11.0. The van der Waals surface area contributed by atoms with Crippen molar-refractivity contribution in [2.75, 3.05) is 6.54 Å². The number of nitro groups is 1. The summed E-state index contributed by atoms with van der Waals surface area (Å²) in [6, 6.07) is 4.24. The molecule has 0 bridgehead atoms. The molecular weight excluding hydrogens is 262 g/mol. The van der Waals surface area contributed by atoms with E-state index < -0.39 is 4.92 Å². The summed E-state index contributed by atoms with van der Waals surface area (Å²) in [4.78, 5) is 33.4. The zero-order valence-electron chi connectivity index (χ0n) is 11.0. The Kier molecular flexibility index (Phi) is 3.97. The fourth-order valence-corrected chi connectivity index (χ4v) is 2.07. The number of aryl methyl sites for hydroxylation is 1. The van der Waals surface area contributed by atoms with E-state index in [2.05, 4.69) is 10.6 Å². The first-order valence-corrected chi connectivity index (χ1v) is 6.30. The van der Waals surface area contributed by atoms with Crippen LogP contribution in [0.5, 0.6) is 0 Å². The van der Waals surface area contributed by atoms with Gasteiger partial charge < -0.3 is 10.6 Å². The minimum atomic E-state index is -0.507. The first-order valence-electron chi connectivity index (χ1n) is 6.30. The van der Waals surface area contributed by atoms with Crippen LogP contribution in [0.15, 0.2) is 18.2 Å². The van der Waals surface area contributed by atoms with Gasteiger partial charge >= 0.3 is 0 Å². The second-order valence-corrected chi connectivity index (χ2v) is 4.77. The number of nitrogens with zero attached hydrogens (tertiary/aromatic N) is 1. The molecule has 1 aromatic rings. The van der Waals surface area contributed by atoms with Crippen molar-refractivity contribution in [1.82, 2.24) is 10.6 Å². The van der Waals surface area contributed by atoms with Crippen LogP contribution in [-0.2, 0) is 4.79 Å². The van der Waals surface area contributed by atoms with Gasteiger partial charge in [0.15, 0.2) is 0 Å².